The van der Waals surface area contributed by atoms with Gasteiger partial charge in [0.15, 0.2) is 0 Å². The first-order valence-corrected chi connectivity index (χ1v) is 6.16. The lowest BCUT2D eigenvalue weighted by molar-refractivity contribution is -0.119. The lowest BCUT2D eigenvalue weighted by atomic mass is 10.2. The van der Waals surface area contributed by atoms with Crippen molar-refractivity contribution in [2.45, 2.75) is 20.4 Å². The number of rotatable bonds is 6. The number of nitrogens with zero attached hydrogens (tertiary/aromatic N) is 3. The monoisotopic (exact) mass is 253 g/mol. The van der Waals surface area contributed by atoms with Crippen LogP contribution in [0, 0.1) is 6.92 Å². The molecule has 0 spiro atoms. The number of nitrogens with one attached hydrogen (secondary N) is 2. The number of aryl methyl sites for hydroxylation is 2. The molecule has 0 saturated carbocycles. The Hall–Kier alpha value is -1.56. The summed E-state index contributed by atoms with van der Waals surface area (Å²) >= 11 is 0. The molecule has 6 heteroatoms. The van der Waals surface area contributed by atoms with Crippen LogP contribution >= 0.6 is 0 Å². The van der Waals surface area contributed by atoms with Gasteiger partial charge in [-0.05, 0) is 13.5 Å². The molecule has 1 aromatic rings. The van der Waals surface area contributed by atoms with Crippen LogP contribution in [-0.4, -0.2) is 42.9 Å². The second-order valence-corrected chi connectivity index (χ2v) is 4.32. The molecule has 0 bridgehead atoms. The van der Waals surface area contributed by atoms with Crippen molar-refractivity contribution < 1.29 is 4.79 Å². The summed E-state index contributed by atoms with van der Waals surface area (Å²) in [7, 11) is 5.45. The molecule has 0 saturated heterocycles. The Labute approximate surface area is 108 Å². The van der Waals surface area contributed by atoms with E-state index in [9.17, 15) is 4.79 Å². The van der Waals surface area contributed by atoms with Gasteiger partial charge in [-0.3, -0.25) is 9.48 Å². The standard InChI is InChI=1S/C12H23N5O/c1-6-14-7-10-9(2)15-17(5)12(10)16(4)8-11(18)13-3/h14H,6-8H2,1-5H3,(H,13,18). The van der Waals surface area contributed by atoms with Crippen molar-refractivity contribution in [3.63, 3.8) is 0 Å². The molecule has 0 fully saturated rings. The van der Waals surface area contributed by atoms with E-state index in [1.54, 1.807) is 7.05 Å². The van der Waals surface area contributed by atoms with E-state index in [1.165, 1.54) is 0 Å². The molecule has 18 heavy (non-hydrogen) atoms. The molecule has 2 N–H and O–H groups in total. The maximum atomic E-state index is 11.4. The smallest absolute Gasteiger partial charge is 0.239 e. The number of hydrogen-bond acceptors (Lipinski definition) is 4. The molecule has 6 nitrogen and oxygen atoms in total. The minimum atomic E-state index is -0.00856. The molecule has 0 aliphatic carbocycles. The fourth-order valence-electron chi connectivity index (χ4n) is 1.99. The van der Waals surface area contributed by atoms with E-state index in [2.05, 4.69) is 22.7 Å². The van der Waals surface area contributed by atoms with E-state index < -0.39 is 0 Å². The van der Waals surface area contributed by atoms with Crippen LogP contribution in [0.5, 0.6) is 0 Å². The predicted molar refractivity (Wildman–Crippen MR) is 72.7 cm³/mol. The van der Waals surface area contributed by atoms with E-state index in [0.717, 1.165) is 30.2 Å². The van der Waals surface area contributed by atoms with Gasteiger partial charge in [0.1, 0.15) is 5.82 Å². The third kappa shape index (κ3) is 3.22. The van der Waals surface area contributed by atoms with Crippen molar-refractivity contribution in [2.24, 2.45) is 7.05 Å². The minimum Gasteiger partial charge on any atom is -0.358 e. The Morgan fingerprint density at radius 2 is 2.17 bits per heavy atom. The summed E-state index contributed by atoms with van der Waals surface area (Å²) in [5, 5.41) is 10.4. The third-order valence-electron chi connectivity index (χ3n) is 2.89. The third-order valence-corrected chi connectivity index (χ3v) is 2.89. The normalized spacial score (nSPS) is 10.5. The van der Waals surface area contributed by atoms with Gasteiger partial charge < -0.3 is 15.5 Å². The second-order valence-electron chi connectivity index (χ2n) is 4.32. The molecule has 102 valence electrons. The highest BCUT2D eigenvalue weighted by atomic mass is 16.1. The molecule has 0 unspecified atom stereocenters. The zero-order valence-corrected chi connectivity index (χ0v) is 11.9. The van der Waals surface area contributed by atoms with Crippen LogP contribution in [0.15, 0.2) is 0 Å². The molecule has 1 amide bonds. The van der Waals surface area contributed by atoms with E-state index in [0.29, 0.717) is 6.54 Å². The van der Waals surface area contributed by atoms with Gasteiger partial charge in [-0.1, -0.05) is 6.92 Å². The number of aromatic nitrogens is 2. The average Bonchev–Trinajstić information content (AvgIpc) is 2.60. The average molecular weight is 253 g/mol. The first kappa shape index (κ1) is 14.5. The molecule has 1 aromatic heterocycles. The highest BCUT2D eigenvalue weighted by molar-refractivity contribution is 5.80. The topological polar surface area (TPSA) is 62.2 Å². The Morgan fingerprint density at radius 3 is 2.72 bits per heavy atom. The second kappa shape index (κ2) is 6.39. The van der Waals surface area contributed by atoms with Crippen LogP contribution in [-0.2, 0) is 18.4 Å². The molecule has 1 rings (SSSR count). The Morgan fingerprint density at radius 1 is 1.50 bits per heavy atom. The number of hydrogen-bond donors (Lipinski definition) is 2. The zero-order chi connectivity index (χ0) is 13.7. The fourth-order valence-corrected chi connectivity index (χ4v) is 1.99. The van der Waals surface area contributed by atoms with Crippen LogP contribution in [0.25, 0.3) is 0 Å². The molecule has 1 heterocycles. The predicted octanol–water partition coefficient (Wildman–Crippen LogP) is 0.0202. The van der Waals surface area contributed by atoms with Crippen molar-refractivity contribution in [3.05, 3.63) is 11.3 Å². The maximum absolute atomic E-state index is 11.4. The van der Waals surface area contributed by atoms with E-state index >= 15 is 0 Å². The summed E-state index contributed by atoms with van der Waals surface area (Å²) in [6.45, 7) is 6.06. The van der Waals surface area contributed by atoms with Crippen LogP contribution in [0.3, 0.4) is 0 Å². The molecule has 0 atom stereocenters. The van der Waals surface area contributed by atoms with E-state index in [-0.39, 0.29) is 5.91 Å². The van der Waals surface area contributed by atoms with E-state index in [1.807, 2.05) is 30.6 Å². The Bertz CT molecular complexity index is 413. The molecular formula is C12H23N5O. The molecule has 0 aliphatic heterocycles. The maximum Gasteiger partial charge on any atom is 0.239 e. The summed E-state index contributed by atoms with van der Waals surface area (Å²) in [5.74, 6) is 0.975. The first-order chi connectivity index (χ1) is 8.51. The van der Waals surface area contributed by atoms with Crippen LogP contribution in [0.4, 0.5) is 5.82 Å². The van der Waals surface area contributed by atoms with Gasteiger partial charge >= 0.3 is 0 Å². The van der Waals surface area contributed by atoms with Crippen LogP contribution < -0.4 is 15.5 Å². The van der Waals surface area contributed by atoms with Crippen molar-refractivity contribution in [1.82, 2.24) is 20.4 Å². The lowest BCUT2D eigenvalue weighted by Crippen LogP contribution is -2.34. The van der Waals surface area contributed by atoms with Gasteiger partial charge in [0.25, 0.3) is 0 Å². The Kier molecular flexibility index (Phi) is 5.15. The Balaban J connectivity index is 2.94. The molecule has 0 radical (unpaired) electrons. The number of carbonyl (C=O) groups excluding carboxylic acids is 1. The lowest BCUT2D eigenvalue weighted by Gasteiger charge is -2.20. The van der Waals surface area contributed by atoms with E-state index in [4.69, 9.17) is 0 Å². The van der Waals surface area contributed by atoms with Crippen molar-refractivity contribution in [3.8, 4) is 0 Å². The van der Waals surface area contributed by atoms with Crippen LogP contribution in [0.2, 0.25) is 0 Å². The van der Waals surface area contributed by atoms with Gasteiger partial charge in [-0.15, -0.1) is 0 Å². The van der Waals surface area contributed by atoms with Gasteiger partial charge in [-0.25, -0.2) is 0 Å². The van der Waals surface area contributed by atoms with Gasteiger partial charge in [0.05, 0.1) is 12.2 Å². The number of carbonyl (C=O) groups is 1. The van der Waals surface area contributed by atoms with Gasteiger partial charge in [-0.2, -0.15) is 5.10 Å². The summed E-state index contributed by atoms with van der Waals surface area (Å²) in [6.07, 6.45) is 0. The summed E-state index contributed by atoms with van der Waals surface area (Å²) < 4.78 is 1.82. The fraction of sp³-hybridized carbons (Fsp3) is 0.667. The van der Waals surface area contributed by atoms with Crippen molar-refractivity contribution in [1.29, 1.82) is 0 Å². The number of likely N-dealkylation sites (N-methyl/N-ethyl adjacent to an activating group) is 2. The molecule has 0 aliphatic rings. The van der Waals surface area contributed by atoms with Gasteiger partial charge in [0, 0.05) is 33.3 Å². The zero-order valence-electron chi connectivity index (χ0n) is 11.9. The SMILES string of the molecule is CCNCc1c(C)nn(C)c1N(C)CC(=O)NC. The van der Waals surface area contributed by atoms with Crippen LogP contribution in [0.1, 0.15) is 18.2 Å². The highest BCUT2D eigenvalue weighted by Crippen LogP contribution is 2.21. The van der Waals surface area contributed by atoms with Crippen molar-refractivity contribution in [2.75, 3.05) is 32.1 Å². The van der Waals surface area contributed by atoms with Gasteiger partial charge in [0.2, 0.25) is 5.91 Å². The largest absolute Gasteiger partial charge is 0.358 e. The number of anilines is 1. The minimum absolute atomic E-state index is 0.00856. The summed E-state index contributed by atoms with van der Waals surface area (Å²) in [5.41, 5.74) is 2.14. The molecule has 0 aromatic carbocycles. The highest BCUT2D eigenvalue weighted by Gasteiger charge is 2.17. The quantitative estimate of drug-likeness (QED) is 0.750. The molecular weight excluding hydrogens is 230 g/mol. The summed E-state index contributed by atoms with van der Waals surface area (Å²) in [4.78, 5) is 13.4. The van der Waals surface area contributed by atoms with Crippen molar-refractivity contribution >= 4 is 11.7 Å². The first-order valence-electron chi connectivity index (χ1n) is 6.16. The summed E-state index contributed by atoms with van der Waals surface area (Å²) in [6, 6.07) is 0. The number of amides is 1.